The van der Waals surface area contributed by atoms with Crippen LogP contribution in [0.15, 0.2) is 86.6 Å². The Kier molecular flexibility index (Phi) is 7.17. The van der Waals surface area contributed by atoms with Crippen molar-refractivity contribution in [3.05, 3.63) is 103 Å². The first-order valence-electron chi connectivity index (χ1n) is 10.3. The zero-order valence-electron chi connectivity index (χ0n) is 17.8. The van der Waals surface area contributed by atoms with E-state index in [4.69, 9.17) is 0 Å². The number of hydrogen-bond acceptors (Lipinski definition) is 0. The van der Waals surface area contributed by atoms with Crippen molar-refractivity contribution in [2.24, 2.45) is 0 Å². The summed E-state index contributed by atoms with van der Waals surface area (Å²) in [6.07, 6.45) is 10.6. The molecule has 31 heavy (non-hydrogen) atoms. The van der Waals surface area contributed by atoms with Crippen molar-refractivity contribution in [2.75, 3.05) is 0 Å². The summed E-state index contributed by atoms with van der Waals surface area (Å²) in [4.78, 5) is 0. The predicted molar refractivity (Wildman–Crippen MR) is 145 cm³/mol. The van der Waals surface area contributed by atoms with Crippen LogP contribution in [0.1, 0.15) is 26.7 Å². The minimum absolute atomic E-state index is 0. The zero-order valence-corrected chi connectivity index (χ0v) is 24.9. The van der Waals surface area contributed by atoms with Gasteiger partial charge in [0.05, 0.1) is 0 Å². The van der Waals surface area contributed by atoms with Gasteiger partial charge in [-0.3, -0.25) is 0 Å². The molecule has 0 saturated carbocycles. The molecular formula is C26H27BrCl2SiZr. The van der Waals surface area contributed by atoms with Gasteiger partial charge in [0.1, 0.15) is 0 Å². The van der Waals surface area contributed by atoms with Gasteiger partial charge >= 0.3 is 185 Å². The van der Waals surface area contributed by atoms with E-state index in [0.29, 0.717) is 3.63 Å². The summed E-state index contributed by atoms with van der Waals surface area (Å²) in [6.45, 7) is 2.37. The van der Waals surface area contributed by atoms with Crippen molar-refractivity contribution < 1.29 is 17.4 Å². The van der Waals surface area contributed by atoms with Gasteiger partial charge in [-0.2, -0.15) is 0 Å². The van der Waals surface area contributed by atoms with Crippen molar-refractivity contribution in [1.82, 2.24) is 0 Å². The molecule has 3 aromatic rings. The van der Waals surface area contributed by atoms with E-state index in [1.54, 1.807) is 3.28 Å². The molecule has 0 aliphatic heterocycles. The molecule has 0 amide bonds. The molecule has 0 fully saturated rings. The monoisotopic (exact) mass is 606 g/mol. The summed E-state index contributed by atoms with van der Waals surface area (Å²) in [5.41, 5.74) is 5.86. The van der Waals surface area contributed by atoms with Crippen molar-refractivity contribution in [2.45, 2.75) is 19.3 Å². The van der Waals surface area contributed by atoms with Gasteiger partial charge in [0.2, 0.25) is 0 Å². The van der Waals surface area contributed by atoms with Crippen LogP contribution >= 0.6 is 40.7 Å². The van der Waals surface area contributed by atoms with Crippen LogP contribution in [-0.4, -0.2) is 6.88 Å². The second-order valence-corrected chi connectivity index (χ2v) is 40.0. The SMILES string of the molecule is Cl.Cl.[CH3][Zr]([CH3])(=[SiH2])([C]1=CC=CC1)[CH]1C(c2cccc3c(Br)cccc23)=Cc2ccccc21. The predicted octanol–water partition coefficient (Wildman–Crippen LogP) is 8.22. The molecule has 1 unspecified atom stereocenters. The van der Waals surface area contributed by atoms with Gasteiger partial charge in [-0.25, -0.2) is 0 Å². The third kappa shape index (κ3) is 4.06. The minimum atomic E-state index is -3.27. The summed E-state index contributed by atoms with van der Waals surface area (Å²) in [6, 6.07) is 22.4. The third-order valence-electron chi connectivity index (χ3n) is 6.86. The summed E-state index contributed by atoms with van der Waals surface area (Å²) in [7, 11) is 0. The molecule has 2 aliphatic carbocycles. The quantitative estimate of drug-likeness (QED) is 0.263. The van der Waals surface area contributed by atoms with Gasteiger partial charge in [0.25, 0.3) is 0 Å². The Bertz CT molecular complexity index is 1330. The van der Waals surface area contributed by atoms with Crippen LogP contribution in [0.25, 0.3) is 22.4 Å². The third-order valence-corrected chi connectivity index (χ3v) is 24.8. The molecule has 0 saturated heterocycles. The Hall–Kier alpha value is -0.700. The van der Waals surface area contributed by atoms with E-state index in [9.17, 15) is 0 Å². The van der Waals surface area contributed by atoms with Gasteiger partial charge in [-0.1, -0.05) is 0 Å². The Balaban J connectivity index is 0.00000136. The molecular weight excluding hydrogens is 582 g/mol. The topological polar surface area (TPSA) is 0 Å². The standard InChI is InChI=1S/C19H12Br.C5H5.2CH3.2ClH.H2Si.Zr/c20-19-10-4-8-17-16(7-3-9-18(17)19)15-11-13-5-1-2-6-14(13)12-15;1-2-4-5-3-1;;;;;;/h1-12H;1-3H,4H2;2*1H3;2*1H;1H2;. The zero-order chi connectivity index (χ0) is 20.2. The van der Waals surface area contributed by atoms with E-state index in [2.05, 4.69) is 117 Å². The van der Waals surface area contributed by atoms with Crippen LogP contribution in [0, 0.1) is 0 Å². The average Bonchev–Trinajstić information content (AvgIpc) is 3.37. The Morgan fingerprint density at radius 1 is 0.903 bits per heavy atom. The molecule has 5 heteroatoms. The Labute approximate surface area is 208 Å². The maximum absolute atomic E-state index is 3.76. The fraction of sp³-hybridized carbons (Fsp3) is 0.154. The molecule has 1 atom stereocenters. The number of halogens is 3. The fourth-order valence-electron chi connectivity index (χ4n) is 5.32. The van der Waals surface area contributed by atoms with Crippen molar-refractivity contribution >= 4 is 70.0 Å². The van der Waals surface area contributed by atoms with Crippen LogP contribution in [0.3, 0.4) is 0 Å². The van der Waals surface area contributed by atoms with E-state index in [0.717, 1.165) is 6.42 Å². The van der Waals surface area contributed by atoms with Crippen LogP contribution in [0.5, 0.6) is 0 Å². The number of fused-ring (bicyclic) bond motifs is 2. The normalized spacial score (nSPS) is 17.5. The molecule has 0 nitrogen and oxygen atoms in total. The fourth-order valence-corrected chi connectivity index (χ4v) is 20.5. The molecule has 0 spiro atoms. The molecule has 0 radical (unpaired) electrons. The van der Waals surface area contributed by atoms with Crippen LogP contribution in [0.2, 0.25) is 9.26 Å². The van der Waals surface area contributed by atoms with Crippen molar-refractivity contribution in [3.63, 3.8) is 0 Å². The Morgan fingerprint density at radius 3 is 2.35 bits per heavy atom. The van der Waals surface area contributed by atoms with Gasteiger partial charge in [-0.05, 0) is 0 Å². The Morgan fingerprint density at radius 2 is 1.61 bits per heavy atom. The second kappa shape index (κ2) is 8.92. The summed E-state index contributed by atoms with van der Waals surface area (Å²) < 4.78 is 8.71. The van der Waals surface area contributed by atoms with E-state index < -0.39 is 17.4 Å². The number of hydrogen-bond donors (Lipinski definition) is 0. The van der Waals surface area contributed by atoms with E-state index in [-0.39, 0.29) is 24.8 Å². The van der Waals surface area contributed by atoms with Gasteiger partial charge in [0, 0.05) is 0 Å². The van der Waals surface area contributed by atoms with Gasteiger partial charge in [-0.15, -0.1) is 24.8 Å². The van der Waals surface area contributed by atoms with Crippen LogP contribution in [-0.2, 0) is 17.4 Å². The molecule has 0 bridgehead atoms. The molecule has 5 rings (SSSR count). The van der Waals surface area contributed by atoms with Crippen molar-refractivity contribution in [3.8, 4) is 0 Å². The first kappa shape index (κ1) is 24.9. The molecule has 0 aromatic heterocycles. The van der Waals surface area contributed by atoms with E-state index in [1.807, 2.05) is 0 Å². The van der Waals surface area contributed by atoms with Gasteiger partial charge < -0.3 is 0 Å². The van der Waals surface area contributed by atoms with Crippen LogP contribution < -0.4 is 0 Å². The first-order valence-corrected chi connectivity index (χ1v) is 24.5. The van der Waals surface area contributed by atoms with Crippen LogP contribution in [0.4, 0.5) is 0 Å². The summed E-state index contributed by atoms with van der Waals surface area (Å²) >= 11 is 0.491. The maximum atomic E-state index is 3.76. The molecule has 160 valence electrons. The average molecular weight is 610 g/mol. The van der Waals surface area contributed by atoms with E-state index >= 15 is 0 Å². The molecule has 0 N–H and O–H groups in total. The number of rotatable bonds is 3. The second-order valence-electron chi connectivity index (χ2n) is 9.44. The summed E-state index contributed by atoms with van der Waals surface area (Å²) in [5.74, 6) is 0. The molecule has 2 aliphatic rings. The molecule has 3 aromatic carbocycles. The molecule has 0 heterocycles. The van der Waals surface area contributed by atoms with Gasteiger partial charge in [0.15, 0.2) is 0 Å². The number of benzene rings is 3. The first-order chi connectivity index (χ1) is 13.9. The van der Waals surface area contributed by atoms with Crippen molar-refractivity contribution in [1.29, 1.82) is 0 Å². The van der Waals surface area contributed by atoms with E-state index in [1.165, 1.54) is 37.5 Å². The number of allylic oxidation sites excluding steroid dienone is 5. The summed E-state index contributed by atoms with van der Waals surface area (Å²) in [5, 5.41) is 2.64.